The summed E-state index contributed by atoms with van der Waals surface area (Å²) in [6, 6.07) is 8.09. The number of nitrogens with zero attached hydrogens (tertiary/aromatic N) is 3. The van der Waals surface area contributed by atoms with Crippen molar-refractivity contribution in [3.8, 4) is 11.5 Å². The topological polar surface area (TPSA) is 85.7 Å². The molecule has 0 amide bonds. The van der Waals surface area contributed by atoms with Crippen molar-refractivity contribution >= 4 is 26.7 Å². The van der Waals surface area contributed by atoms with Crippen LogP contribution >= 0.6 is 0 Å². The number of hydrogen-bond acceptors (Lipinski definition) is 7. The molecule has 0 aliphatic carbocycles. The maximum absolute atomic E-state index is 13.4. The first-order valence-electron chi connectivity index (χ1n) is 8.95. The lowest BCUT2D eigenvalue weighted by Gasteiger charge is -2.28. The van der Waals surface area contributed by atoms with Crippen LogP contribution in [-0.2, 0) is 10.0 Å². The van der Waals surface area contributed by atoms with Crippen LogP contribution in [0.5, 0.6) is 11.5 Å². The number of nitrogens with one attached hydrogen (secondary N) is 1. The zero-order valence-electron chi connectivity index (χ0n) is 15.8. The Labute approximate surface area is 163 Å². The number of anilines is 1. The summed E-state index contributed by atoms with van der Waals surface area (Å²) in [5.41, 5.74) is 2.04. The Morgan fingerprint density at radius 1 is 1.07 bits per heavy atom. The summed E-state index contributed by atoms with van der Waals surface area (Å²) in [5, 5.41) is 3.31. The highest BCUT2D eigenvalue weighted by atomic mass is 32.2. The number of hydrogen-bond donors (Lipinski definition) is 1. The molecule has 0 spiro atoms. The van der Waals surface area contributed by atoms with Crippen LogP contribution in [0.2, 0.25) is 0 Å². The standard InChI is InChI=1S/C19H22N4O4S/c1-26-17-6-5-14(12-18(17)27-2)28(24,25)23-13-16(22-10-8-20-9-11-22)19-15(23)4-3-7-21-19/h3-7,12-13,20H,8-11H2,1-2H3. The third kappa shape index (κ3) is 3.06. The van der Waals surface area contributed by atoms with E-state index in [0.717, 1.165) is 31.9 Å². The summed E-state index contributed by atoms with van der Waals surface area (Å²) >= 11 is 0. The molecule has 2 aromatic heterocycles. The van der Waals surface area contributed by atoms with Crippen molar-refractivity contribution in [2.45, 2.75) is 4.90 Å². The molecule has 0 unspecified atom stereocenters. The molecular weight excluding hydrogens is 380 g/mol. The van der Waals surface area contributed by atoms with Gasteiger partial charge in [0, 0.05) is 44.6 Å². The van der Waals surface area contributed by atoms with Gasteiger partial charge in [-0.2, -0.15) is 0 Å². The highest BCUT2D eigenvalue weighted by Crippen LogP contribution is 2.34. The highest BCUT2D eigenvalue weighted by Gasteiger charge is 2.25. The number of pyridine rings is 1. The molecule has 1 N–H and O–H groups in total. The fourth-order valence-corrected chi connectivity index (χ4v) is 4.81. The van der Waals surface area contributed by atoms with Gasteiger partial charge in [0.25, 0.3) is 10.0 Å². The fraction of sp³-hybridized carbons (Fsp3) is 0.316. The average Bonchev–Trinajstić information content (AvgIpc) is 3.14. The van der Waals surface area contributed by atoms with Crippen LogP contribution < -0.4 is 19.7 Å². The van der Waals surface area contributed by atoms with Crippen molar-refractivity contribution in [1.82, 2.24) is 14.3 Å². The Hall–Kier alpha value is -2.78. The average molecular weight is 402 g/mol. The van der Waals surface area contributed by atoms with Crippen LogP contribution in [0.25, 0.3) is 11.0 Å². The molecule has 9 heteroatoms. The lowest BCUT2D eigenvalue weighted by molar-refractivity contribution is 0.354. The number of rotatable bonds is 5. The predicted octanol–water partition coefficient (Wildman–Crippen LogP) is 1.70. The number of ether oxygens (including phenoxy) is 2. The van der Waals surface area contributed by atoms with Gasteiger partial charge in [0.05, 0.1) is 30.3 Å². The van der Waals surface area contributed by atoms with E-state index in [2.05, 4.69) is 15.2 Å². The second-order valence-electron chi connectivity index (χ2n) is 6.44. The first-order valence-corrected chi connectivity index (χ1v) is 10.4. The monoisotopic (exact) mass is 402 g/mol. The van der Waals surface area contributed by atoms with E-state index in [-0.39, 0.29) is 4.90 Å². The molecule has 0 bridgehead atoms. The predicted molar refractivity (Wildman–Crippen MR) is 107 cm³/mol. The van der Waals surface area contributed by atoms with Crippen molar-refractivity contribution in [1.29, 1.82) is 0 Å². The Balaban J connectivity index is 1.86. The summed E-state index contributed by atoms with van der Waals surface area (Å²) in [7, 11) is -0.853. The van der Waals surface area contributed by atoms with Crippen LogP contribution in [0, 0.1) is 0 Å². The number of methoxy groups -OCH3 is 2. The Morgan fingerprint density at radius 3 is 2.54 bits per heavy atom. The smallest absolute Gasteiger partial charge is 0.268 e. The zero-order valence-corrected chi connectivity index (χ0v) is 16.6. The van der Waals surface area contributed by atoms with Gasteiger partial charge in [-0.25, -0.2) is 12.4 Å². The quantitative estimate of drug-likeness (QED) is 0.695. The maximum Gasteiger partial charge on any atom is 0.268 e. The van der Waals surface area contributed by atoms with E-state index >= 15 is 0 Å². The molecule has 3 heterocycles. The van der Waals surface area contributed by atoms with Gasteiger partial charge < -0.3 is 19.7 Å². The SMILES string of the molecule is COc1ccc(S(=O)(=O)n2cc(N3CCNCC3)c3ncccc32)cc1OC. The molecule has 0 saturated carbocycles. The number of aromatic nitrogens is 2. The van der Waals surface area contributed by atoms with Gasteiger partial charge in [0.1, 0.15) is 5.52 Å². The molecule has 1 aromatic carbocycles. The zero-order chi connectivity index (χ0) is 19.7. The van der Waals surface area contributed by atoms with Gasteiger partial charge in [-0.1, -0.05) is 0 Å². The van der Waals surface area contributed by atoms with Crippen molar-refractivity contribution < 1.29 is 17.9 Å². The van der Waals surface area contributed by atoms with Gasteiger partial charge in [0.15, 0.2) is 11.5 Å². The van der Waals surface area contributed by atoms with E-state index in [1.54, 1.807) is 30.6 Å². The fourth-order valence-electron chi connectivity index (χ4n) is 3.44. The Bertz CT molecular complexity index is 1100. The minimum absolute atomic E-state index is 0.123. The van der Waals surface area contributed by atoms with E-state index in [0.29, 0.717) is 22.5 Å². The van der Waals surface area contributed by atoms with Gasteiger partial charge >= 0.3 is 0 Å². The van der Waals surface area contributed by atoms with Gasteiger partial charge in [-0.05, 0) is 24.3 Å². The largest absolute Gasteiger partial charge is 0.493 e. The molecule has 8 nitrogen and oxygen atoms in total. The number of benzene rings is 1. The van der Waals surface area contributed by atoms with Crippen LogP contribution in [0.1, 0.15) is 0 Å². The van der Waals surface area contributed by atoms with Gasteiger partial charge in [-0.15, -0.1) is 0 Å². The normalized spacial score (nSPS) is 15.0. The maximum atomic E-state index is 13.4. The molecule has 1 fully saturated rings. The van der Waals surface area contributed by atoms with Crippen LogP contribution in [-0.4, -0.2) is 57.8 Å². The van der Waals surface area contributed by atoms with Gasteiger partial charge in [-0.3, -0.25) is 4.98 Å². The summed E-state index contributed by atoms with van der Waals surface area (Å²) in [5.74, 6) is 0.836. The van der Waals surface area contributed by atoms with Crippen molar-refractivity contribution in [3.05, 3.63) is 42.7 Å². The molecule has 1 aliphatic heterocycles. The molecule has 1 saturated heterocycles. The third-order valence-electron chi connectivity index (χ3n) is 4.88. The molecule has 148 valence electrons. The minimum Gasteiger partial charge on any atom is -0.493 e. The summed E-state index contributed by atoms with van der Waals surface area (Å²) < 4.78 is 38.6. The summed E-state index contributed by atoms with van der Waals surface area (Å²) in [6.07, 6.45) is 3.34. The van der Waals surface area contributed by atoms with E-state index in [1.165, 1.54) is 30.3 Å². The molecule has 3 aromatic rings. The van der Waals surface area contributed by atoms with E-state index in [9.17, 15) is 8.42 Å². The van der Waals surface area contributed by atoms with E-state index in [4.69, 9.17) is 9.47 Å². The molecule has 28 heavy (non-hydrogen) atoms. The van der Waals surface area contributed by atoms with Crippen LogP contribution in [0.3, 0.4) is 0 Å². The second-order valence-corrected chi connectivity index (χ2v) is 8.26. The van der Waals surface area contributed by atoms with Gasteiger partial charge in [0.2, 0.25) is 0 Å². The van der Waals surface area contributed by atoms with Crippen LogP contribution in [0.15, 0.2) is 47.6 Å². The van der Waals surface area contributed by atoms with E-state index in [1.807, 2.05) is 0 Å². The van der Waals surface area contributed by atoms with E-state index < -0.39 is 10.0 Å². The first kappa shape index (κ1) is 18.6. The number of fused-ring (bicyclic) bond motifs is 1. The second kappa shape index (κ2) is 7.33. The Kier molecular flexibility index (Phi) is 4.86. The molecule has 0 radical (unpaired) electrons. The Morgan fingerprint density at radius 2 is 1.82 bits per heavy atom. The third-order valence-corrected chi connectivity index (χ3v) is 6.55. The highest BCUT2D eigenvalue weighted by molar-refractivity contribution is 7.90. The molecule has 1 aliphatic rings. The minimum atomic E-state index is -3.84. The summed E-state index contributed by atoms with van der Waals surface area (Å²) in [4.78, 5) is 6.74. The first-order chi connectivity index (χ1) is 13.6. The van der Waals surface area contributed by atoms with Crippen LogP contribution in [0.4, 0.5) is 5.69 Å². The molecular formula is C19H22N4O4S. The van der Waals surface area contributed by atoms with Crippen molar-refractivity contribution in [3.63, 3.8) is 0 Å². The molecule has 4 rings (SSSR count). The molecule has 0 atom stereocenters. The lowest BCUT2D eigenvalue weighted by atomic mass is 10.3. The number of piperazine rings is 1. The van der Waals surface area contributed by atoms with Crippen molar-refractivity contribution in [2.24, 2.45) is 0 Å². The van der Waals surface area contributed by atoms with Crippen molar-refractivity contribution in [2.75, 3.05) is 45.3 Å². The lowest BCUT2D eigenvalue weighted by Crippen LogP contribution is -2.43. The summed E-state index contributed by atoms with van der Waals surface area (Å²) in [6.45, 7) is 3.29.